The number of carbonyl (C=O) groups is 2. The predicted molar refractivity (Wildman–Crippen MR) is 122 cm³/mol. The van der Waals surface area contributed by atoms with Crippen molar-refractivity contribution in [3.05, 3.63) is 89.1 Å². The first-order valence-corrected chi connectivity index (χ1v) is 10.2. The van der Waals surface area contributed by atoms with Gasteiger partial charge in [0.15, 0.2) is 0 Å². The summed E-state index contributed by atoms with van der Waals surface area (Å²) in [7, 11) is 0. The Morgan fingerprint density at radius 3 is 2.61 bits per heavy atom. The minimum absolute atomic E-state index is 0.167. The fourth-order valence-corrected chi connectivity index (χ4v) is 2.87. The Bertz CT molecular complexity index is 1140. The molecule has 9 nitrogen and oxygen atoms in total. The van der Waals surface area contributed by atoms with Gasteiger partial charge in [-0.15, -0.1) is 0 Å². The number of para-hydroxylation sites is 1. The highest BCUT2D eigenvalue weighted by molar-refractivity contribution is 5.99. The summed E-state index contributed by atoms with van der Waals surface area (Å²) in [6.45, 7) is 2.55. The van der Waals surface area contributed by atoms with E-state index in [1.54, 1.807) is 67.7 Å². The van der Waals surface area contributed by atoms with Crippen LogP contribution in [-0.2, 0) is 22.7 Å². The topological polar surface area (TPSA) is 125 Å². The van der Waals surface area contributed by atoms with E-state index < -0.39 is 12.0 Å². The van der Waals surface area contributed by atoms with Crippen LogP contribution < -0.4 is 16.1 Å². The van der Waals surface area contributed by atoms with E-state index in [-0.39, 0.29) is 13.2 Å². The molecule has 1 heterocycles. The number of nitriles is 1. The van der Waals surface area contributed by atoms with Crippen molar-refractivity contribution in [2.45, 2.75) is 20.1 Å². The molecule has 0 aliphatic carbocycles. The number of amides is 2. The van der Waals surface area contributed by atoms with Gasteiger partial charge in [0.2, 0.25) is 0 Å². The number of carbonyl (C=O) groups excluding carboxylic acids is 2. The third kappa shape index (κ3) is 7.05. The van der Waals surface area contributed by atoms with Crippen molar-refractivity contribution in [2.24, 2.45) is 0 Å². The quantitative estimate of drug-likeness (QED) is 0.425. The summed E-state index contributed by atoms with van der Waals surface area (Å²) in [5.74, 6) is -0.0267. The second-order valence-corrected chi connectivity index (χ2v) is 6.82. The molecule has 0 bridgehead atoms. The zero-order valence-corrected chi connectivity index (χ0v) is 18.0. The molecule has 168 valence electrons. The summed E-state index contributed by atoms with van der Waals surface area (Å²) in [5, 5.41) is 14.6. The van der Waals surface area contributed by atoms with E-state index in [1.807, 2.05) is 6.07 Å². The number of ether oxygens (including phenoxy) is 1. The van der Waals surface area contributed by atoms with E-state index in [0.29, 0.717) is 29.2 Å². The van der Waals surface area contributed by atoms with Crippen LogP contribution in [0.3, 0.4) is 0 Å². The first-order chi connectivity index (χ1) is 16.1. The van der Waals surface area contributed by atoms with E-state index in [1.165, 1.54) is 0 Å². The van der Waals surface area contributed by atoms with Crippen LogP contribution in [0.15, 0.2) is 66.9 Å². The SMILES string of the molecule is CCOC(=O)Nc1cc(CNc2ccccc2C(=O)NOCc2ccc(C#N)cc2)ccn1. The van der Waals surface area contributed by atoms with Crippen LogP contribution in [0.5, 0.6) is 0 Å². The number of aromatic nitrogens is 1. The van der Waals surface area contributed by atoms with E-state index in [9.17, 15) is 9.59 Å². The fourth-order valence-electron chi connectivity index (χ4n) is 2.87. The number of anilines is 2. The van der Waals surface area contributed by atoms with Gasteiger partial charge in [0, 0.05) is 18.4 Å². The van der Waals surface area contributed by atoms with Gasteiger partial charge in [-0.25, -0.2) is 15.3 Å². The first-order valence-electron chi connectivity index (χ1n) is 10.2. The maximum atomic E-state index is 12.6. The molecular weight excluding hydrogens is 422 g/mol. The van der Waals surface area contributed by atoms with Crippen molar-refractivity contribution in [3.8, 4) is 6.07 Å². The Labute approximate surface area is 191 Å². The van der Waals surface area contributed by atoms with Crippen molar-refractivity contribution in [3.63, 3.8) is 0 Å². The van der Waals surface area contributed by atoms with E-state index >= 15 is 0 Å². The summed E-state index contributed by atoms with van der Waals surface area (Å²) >= 11 is 0. The molecule has 0 spiro atoms. The normalized spacial score (nSPS) is 10.1. The fraction of sp³-hybridized carbons (Fsp3) is 0.167. The van der Waals surface area contributed by atoms with Crippen molar-refractivity contribution in [1.29, 1.82) is 5.26 Å². The third-order valence-electron chi connectivity index (χ3n) is 4.47. The Morgan fingerprint density at radius 2 is 1.85 bits per heavy atom. The van der Waals surface area contributed by atoms with Gasteiger partial charge in [0.05, 0.1) is 30.4 Å². The highest BCUT2D eigenvalue weighted by Crippen LogP contribution is 2.17. The maximum absolute atomic E-state index is 12.6. The predicted octanol–water partition coefficient (Wildman–Crippen LogP) is 4.00. The number of nitrogens with zero attached hydrogens (tertiary/aromatic N) is 2. The number of benzene rings is 2. The van der Waals surface area contributed by atoms with Crippen molar-refractivity contribution >= 4 is 23.5 Å². The van der Waals surface area contributed by atoms with E-state index in [0.717, 1.165) is 11.1 Å². The lowest BCUT2D eigenvalue weighted by molar-refractivity contribution is 0.0234. The van der Waals surface area contributed by atoms with Crippen LogP contribution in [-0.4, -0.2) is 23.6 Å². The summed E-state index contributed by atoms with van der Waals surface area (Å²) in [6.07, 6.45) is 1.01. The number of hydrogen-bond acceptors (Lipinski definition) is 7. The van der Waals surface area contributed by atoms with Gasteiger partial charge in [0.25, 0.3) is 5.91 Å². The van der Waals surface area contributed by atoms with Gasteiger partial charge in [-0.3, -0.25) is 14.9 Å². The summed E-state index contributed by atoms with van der Waals surface area (Å²) in [5.41, 5.74) is 5.71. The standard InChI is InChI=1S/C24H23N5O4/c1-2-32-24(31)28-22-13-19(11-12-26-22)15-27-21-6-4-3-5-20(21)23(30)29-33-16-18-9-7-17(14-25)8-10-18/h3-13,27H,2,15-16H2,1H3,(H,29,30)(H,26,28,31). The average Bonchev–Trinajstić information content (AvgIpc) is 2.83. The lowest BCUT2D eigenvalue weighted by Crippen LogP contribution is -2.24. The molecule has 2 aromatic carbocycles. The number of pyridine rings is 1. The van der Waals surface area contributed by atoms with Crippen LogP contribution in [0, 0.1) is 11.3 Å². The number of hydroxylamine groups is 1. The molecule has 0 fully saturated rings. The number of hydrogen-bond donors (Lipinski definition) is 3. The van der Waals surface area contributed by atoms with Gasteiger partial charge in [-0.1, -0.05) is 24.3 Å². The largest absolute Gasteiger partial charge is 0.450 e. The second-order valence-electron chi connectivity index (χ2n) is 6.82. The molecule has 2 amide bonds. The third-order valence-corrected chi connectivity index (χ3v) is 4.47. The Hall–Kier alpha value is -4.42. The van der Waals surface area contributed by atoms with Crippen molar-refractivity contribution in [2.75, 3.05) is 17.2 Å². The molecule has 0 atom stereocenters. The Balaban J connectivity index is 1.57. The van der Waals surface area contributed by atoms with Crippen LogP contribution in [0.4, 0.5) is 16.3 Å². The van der Waals surface area contributed by atoms with Crippen molar-refractivity contribution < 1.29 is 19.2 Å². The molecular formula is C24H23N5O4. The number of nitrogens with one attached hydrogen (secondary N) is 3. The molecule has 0 aliphatic heterocycles. The zero-order chi connectivity index (χ0) is 23.5. The molecule has 0 aliphatic rings. The van der Waals surface area contributed by atoms with Crippen LogP contribution in [0.2, 0.25) is 0 Å². The molecule has 9 heteroatoms. The minimum Gasteiger partial charge on any atom is -0.450 e. The minimum atomic E-state index is -0.571. The molecule has 1 aromatic heterocycles. The Morgan fingerprint density at radius 1 is 1.06 bits per heavy atom. The van der Waals surface area contributed by atoms with Gasteiger partial charge < -0.3 is 10.1 Å². The monoisotopic (exact) mass is 445 g/mol. The van der Waals surface area contributed by atoms with Crippen molar-refractivity contribution in [1.82, 2.24) is 10.5 Å². The van der Waals surface area contributed by atoms with Crippen LogP contribution in [0.25, 0.3) is 0 Å². The lowest BCUT2D eigenvalue weighted by atomic mass is 10.1. The smallest absolute Gasteiger partial charge is 0.412 e. The second kappa shape index (κ2) is 11.8. The molecule has 33 heavy (non-hydrogen) atoms. The van der Waals surface area contributed by atoms with Crippen LogP contribution >= 0.6 is 0 Å². The first kappa shape index (κ1) is 23.2. The molecule has 0 radical (unpaired) electrons. The van der Waals surface area contributed by atoms with E-state index in [2.05, 4.69) is 27.2 Å². The molecule has 0 saturated carbocycles. The van der Waals surface area contributed by atoms with E-state index in [4.69, 9.17) is 14.8 Å². The molecule has 0 saturated heterocycles. The highest BCUT2D eigenvalue weighted by Gasteiger charge is 2.11. The molecule has 3 aromatic rings. The number of rotatable bonds is 9. The summed E-state index contributed by atoms with van der Waals surface area (Å²) in [4.78, 5) is 33.6. The van der Waals surface area contributed by atoms with Crippen LogP contribution in [0.1, 0.15) is 34.0 Å². The summed E-state index contributed by atoms with van der Waals surface area (Å²) in [6, 6.07) is 19.5. The average molecular weight is 445 g/mol. The van der Waals surface area contributed by atoms with Gasteiger partial charge in [-0.2, -0.15) is 5.26 Å². The Kier molecular flexibility index (Phi) is 8.34. The van der Waals surface area contributed by atoms with Gasteiger partial charge in [0.1, 0.15) is 5.82 Å². The molecule has 3 rings (SSSR count). The molecule has 0 unspecified atom stereocenters. The lowest BCUT2D eigenvalue weighted by Gasteiger charge is -2.13. The zero-order valence-electron chi connectivity index (χ0n) is 18.0. The maximum Gasteiger partial charge on any atom is 0.412 e. The van der Waals surface area contributed by atoms with Gasteiger partial charge >= 0.3 is 6.09 Å². The molecule has 3 N–H and O–H groups in total. The summed E-state index contributed by atoms with van der Waals surface area (Å²) < 4.78 is 4.85. The highest BCUT2D eigenvalue weighted by atomic mass is 16.6. The van der Waals surface area contributed by atoms with Gasteiger partial charge in [-0.05, 0) is 54.4 Å².